The van der Waals surface area contributed by atoms with Gasteiger partial charge in [0.1, 0.15) is 11.6 Å². The number of nitrogens with zero attached hydrogens (tertiary/aromatic N) is 4. The van der Waals surface area contributed by atoms with E-state index in [0.717, 1.165) is 24.7 Å². The van der Waals surface area contributed by atoms with Gasteiger partial charge >= 0.3 is 0 Å². The third-order valence-electron chi connectivity index (χ3n) is 3.10. The SMILES string of the molecule is CNc1cncc(N2CCC(N(C)C)C2)n1. The summed E-state index contributed by atoms with van der Waals surface area (Å²) in [5, 5.41) is 3.01. The molecule has 2 heterocycles. The summed E-state index contributed by atoms with van der Waals surface area (Å²) < 4.78 is 0. The molecule has 1 saturated heterocycles. The largest absolute Gasteiger partial charge is 0.372 e. The highest BCUT2D eigenvalue weighted by Crippen LogP contribution is 2.20. The Morgan fingerprint density at radius 3 is 2.88 bits per heavy atom. The molecule has 0 aliphatic carbocycles. The summed E-state index contributed by atoms with van der Waals surface area (Å²) in [5.41, 5.74) is 0. The van der Waals surface area contributed by atoms with Crippen LogP contribution >= 0.6 is 0 Å². The van der Waals surface area contributed by atoms with Crippen LogP contribution in [0.3, 0.4) is 0 Å². The van der Waals surface area contributed by atoms with Crippen molar-refractivity contribution >= 4 is 11.6 Å². The minimum absolute atomic E-state index is 0.625. The van der Waals surface area contributed by atoms with Gasteiger partial charge in [-0.1, -0.05) is 0 Å². The lowest BCUT2D eigenvalue weighted by molar-refractivity contribution is 0.315. The molecule has 0 radical (unpaired) electrons. The lowest BCUT2D eigenvalue weighted by Crippen LogP contribution is -2.31. The molecule has 16 heavy (non-hydrogen) atoms. The molecular formula is C11H19N5. The molecule has 0 spiro atoms. The highest BCUT2D eigenvalue weighted by Gasteiger charge is 2.24. The summed E-state index contributed by atoms with van der Waals surface area (Å²) in [4.78, 5) is 13.3. The van der Waals surface area contributed by atoms with Gasteiger partial charge in [0, 0.05) is 26.2 Å². The van der Waals surface area contributed by atoms with E-state index >= 15 is 0 Å². The fourth-order valence-electron chi connectivity index (χ4n) is 2.00. The average molecular weight is 221 g/mol. The van der Waals surface area contributed by atoms with Crippen LogP contribution in [-0.2, 0) is 0 Å². The third-order valence-corrected chi connectivity index (χ3v) is 3.10. The summed E-state index contributed by atoms with van der Waals surface area (Å²) in [7, 11) is 6.12. The average Bonchev–Trinajstić information content (AvgIpc) is 2.78. The van der Waals surface area contributed by atoms with Gasteiger partial charge in [-0.15, -0.1) is 0 Å². The molecule has 5 heteroatoms. The van der Waals surface area contributed by atoms with Gasteiger partial charge in [0.25, 0.3) is 0 Å². The Balaban J connectivity index is 2.08. The Bertz CT molecular complexity index is 352. The van der Waals surface area contributed by atoms with E-state index in [0.29, 0.717) is 6.04 Å². The van der Waals surface area contributed by atoms with Crippen molar-refractivity contribution < 1.29 is 0 Å². The maximum absolute atomic E-state index is 4.50. The predicted octanol–water partition coefficient (Wildman–Crippen LogP) is 0.659. The van der Waals surface area contributed by atoms with Gasteiger partial charge in [-0.2, -0.15) is 0 Å². The van der Waals surface area contributed by atoms with Gasteiger partial charge in [-0.3, -0.25) is 4.98 Å². The minimum atomic E-state index is 0.625. The zero-order valence-electron chi connectivity index (χ0n) is 10.1. The smallest absolute Gasteiger partial charge is 0.149 e. The van der Waals surface area contributed by atoms with E-state index < -0.39 is 0 Å². The van der Waals surface area contributed by atoms with E-state index in [4.69, 9.17) is 0 Å². The van der Waals surface area contributed by atoms with Crippen LogP contribution in [0.2, 0.25) is 0 Å². The van der Waals surface area contributed by atoms with Crippen LogP contribution in [0.1, 0.15) is 6.42 Å². The number of likely N-dealkylation sites (N-methyl/N-ethyl adjacent to an activating group) is 1. The molecule has 1 N–H and O–H groups in total. The fraction of sp³-hybridized carbons (Fsp3) is 0.636. The monoisotopic (exact) mass is 221 g/mol. The van der Waals surface area contributed by atoms with E-state index in [1.807, 2.05) is 13.2 Å². The van der Waals surface area contributed by atoms with Crippen molar-refractivity contribution in [3.8, 4) is 0 Å². The molecular weight excluding hydrogens is 202 g/mol. The lowest BCUT2D eigenvalue weighted by Gasteiger charge is -2.21. The van der Waals surface area contributed by atoms with Crippen LogP contribution in [0, 0.1) is 0 Å². The Labute approximate surface area is 96.5 Å². The predicted molar refractivity (Wildman–Crippen MR) is 65.9 cm³/mol. The molecule has 1 unspecified atom stereocenters. The molecule has 1 fully saturated rings. The molecule has 1 atom stereocenters. The highest BCUT2D eigenvalue weighted by atomic mass is 15.3. The Kier molecular flexibility index (Phi) is 3.24. The summed E-state index contributed by atoms with van der Waals surface area (Å²) in [5.74, 6) is 1.79. The van der Waals surface area contributed by atoms with Gasteiger partial charge in [-0.05, 0) is 20.5 Å². The van der Waals surface area contributed by atoms with Crippen molar-refractivity contribution in [3.63, 3.8) is 0 Å². The Hall–Kier alpha value is -1.36. The van der Waals surface area contributed by atoms with Crippen LogP contribution < -0.4 is 10.2 Å². The number of hydrogen-bond donors (Lipinski definition) is 1. The first-order valence-electron chi connectivity index (χ1n) is 5.62. The number of nitrogens with one attached hydrogen (secondary N) is 1. The summed E-state index contributed by atoms with van der Waals surface area (Å²) in [6.07, 6.45) is 4.76. The molecule has 88 valence electrons. The van der Waals surface area contributed by atoms with Gasteiger partial charge in [0.05, 0.1) is 12.4 Å². The Morgan fingerprint density at radius 2 is 2.25 bits per heavy atom. The third kappa shape index (κ3) is 2.24. The minimum Gasteiger partial charge on any atom is -0.372 e. The van der Waals surface area contributed by atoms with Gasteiger partial charge < -0.3 is 15.1 Å². The van der Waals surface area contributed by atoms with Crippen LogP contribution in [0.5, 0.6) is 0 Å². The van der Waals surface area contributed by atoms with Gasteiger partial charge in [0.2, 0.25) is 0 Å². The number of aromatic nitrogens is 2. The topological polar surface area (TPSA) is 44.3 Å². The van der Waals surface area contributed by atoms with Crippen LogP contribution in [0.4, 0.5) is 11.6 Å². The molecule has 5 nitrogen and oxygen atoms in total. The van der Waals surface area contributed by atoms with Crippen molar-refractivity contribution in [1.82, 2.24) is 14.9 Å². The molecule has 1 aliphatic rings. The second-order valence-electron chi connectivity index (χ2n) is 4.36. The molecule has 0 aromatic carbocycles. The van der Waals surface area contributed by atoms with E-state index in [9.17, 15) is 0 Å². The van der Waals surface area contributed by atoms with E-state index in [-0.39, 0.29) is 0 Å². The van der Waals surface area contributed by atoms with Crippen LogP contribution in [0.25, 0.3) is 0 Å². The second-order valence-corrected chi connectivity index (χ2v) is 4.36. The molecule has 1 aliphatic heterocycles. The quantitative estimate of drug-likeness (QED) is 0.812. The number of hydrogen-bond acceptors (Lipinski definition) is 5. The Morgan fingerprint density at radius 1 is 1.44 bits per heavy atom. The first-order valence-corrected chi connectivity index (χ1v) is 5.62. The van der Waals surface area contributed by atoms with Crippen molar-refractivity contribution in [1.29, 1.82) is 0 Å². The van der Waals surface area contributed by atoms with Gasteiger partial charge in [-0.25, -0.2) is 4.98 Å². The van der Waals surface area contributed by atoms with Crippen molar-refractivity contribution in [2.75, 3.05) is 44.4 Å². The van der Waals surface area contributed by atoms with E-state index in [1.54, 1.807) is 6.20 Å². The maximum Gasteiger partial charge on any atom is 0.149 e. The van der Waals surface area contributed by atoms with Crippen LogP contribution in [0.15, 0.2) is 12.4 Å². The summed E-state index contributed by atoms with van der Waals surface area (Å²) in [6, 6.07) is 0.625. The summed E-state index contributed by atoms with van der Waals surface area (Å²) in [6.45, 7) is 2.10. The summed E-state index contributed by atoms with van der Waals surface area (Å²) >= 11 is 0. The van der Waals surface area contributed by atoms with Gasteiger partial charge in [0.15, 0.2) is 0 Å². The van der Waals surface area contributed by atoms with E-state index in [1.165, 1.54) is 6.42 Å². The van der Waals surface area contributed by atoms with Crippen molar-refractivity contribution in [2.45, 2.75) is 12.5 Å². The van der Waals surface area contributed by atoms with E-state index in [2.05, 4.69) is 39.2 Å². The number of rotatable bonds is 3. The first kappa shape index (κ1) is 11.1. The normalized spacial score (nSPS) is 20.5. The first-order chi connectivity index (χ1) is 7.70. The fourth-order valence-corrected chi connectivity index (χ4v) is 2.00. The molecule has 2 rings (SSSR count). The number of anilines is 2. The molecule has 1 aromatic rings. The van der Waals surface area contributed by atoms with Crippen LogP contribution in [-0.4, -0.2) is 55.1 Å². The highest BCUT2D eigenvalue weighted by molar-refractivity contribution is 5.44. The molecule has 0 amide bonds. The zero-order chi connectivity index (χ0) is 11.5. The van der Waals surface area contributed by atoms with Crippen molar-refractivity contribution in [3.05, 3.63) is 12.4 Å². The standard InChI is InChI=1S/C11H19N5/c1-12-10-6-13-7-11(14-10)16-5-4-9(8-16)15(2)3/h6-7,9H,4-5,8H2,1-3H3,(H,12,14). The lowest BCUT2D eigenvalue weighted by atomic mass is 10.2. The van der Waals surface area contributed by atoms with Crippen molar-refractivity contribution in [2.24, 2.45) is 0 Å². The molecule has 1 aromatic heterocycles. The maximum atomic E-state index is 4.50. The second kappa shape index (κ2) is 4.65. The molecule has 0 saturated carbocycles. The zero-order valence-corrected chi connectivity index (χ0v) is 10.1. The molecule has 0 bridgehead atoms.